The molecule has 1 spiro atoms. The molecule has 4 heteroatoms. The number of carbonyl (C=O) groups excluding carboxylic acids is 1. The summed E-state index contributed by atoms with van der Waals surface area (Å²) in [6.07, 6.45) is 4.61. The second-order valence-electron chi connectivity index (χ2n) is 4.46. The Labute approximate surface area is 96.2 Å². The normalized spacial score (nSPS) is 28.2. The van der Waals surface area contributed by atoms with Crippen molar-refractivity contribution in [2.75, 3.05) is 19.8 Å². The maximum Gasteiger partial charge on any atom is 0.306 e. The lowest BCUT2D eigenvalue weighted by molar-refractivity contribution is -0.216. The third-order valence-corrected chi connectivity index (χ3v) is 3.44. The molecule has 1 heterocycles. The van der Waals surface area contributed by atoms with Gasteiger partial charge in [-0.15, -0.1) is 0 Å². The van der Waals surface area contributed by atoms with Crippen molar-refractivity contribution in [2.45, 2.75) is 44.8 Å². The van der Waals surface area contributed by atoms with Crippen molar-refractivity contribution in [3.63, 3.8) is 0 Å². The highest BCUT2D eigenvalue weighted by Gasteiger charge is 2.46. The number of esters is 1. The molecule has 0 amide bonds. The molecular weight excluding hydrogens is 208 g/mol. The first-order chi connectivity index (χ1) is 7.77. The van der Waals surface area contributed by atoms with Crippen LogP contribution in [0.15, 0.2) is 0 Å². The monoisotopic (exact) mass is 228 g/mol. The van der Waals surface area contributed by atoms with E-state index in [0.29, 0.717) is 26.2 Å². The number of carbonyl (C=O) groups is 1. The standard InChI is InChI=1S/C12H20O4/c1-2-14-11(13)9-10-5-3-4-6-12(10)15-7-8-16-12/h10H,2-9H2,1H3. The molecular formula is C12H20O4. The summed E-state index contributed by atoms with van der Waals surface area (Å²) in [7, 11) is 0. The second kappa shape index (κ2) is 5.15. The van der Waals surface area contributed by atoms with Crippen molar-refractivity contribution in [3.8, 4) is 0 Å². The molecule has 92 valence electrons. The van der Waals surface area contributed by atoms with Crippen LogP contribution in [0.1, 0.15) is 39.0 Å². The smallest absolute Gasteiger partial charge is 0.306 e. The van der Waals surface area contributed by atoms with Gasteiger partial charge >= 0.3 is 5.97 Å². The van der Waals surface area contributed by atoms with E-state index in [4.69, 9.17) is 14.2 Å². The van der Waals surface area contributed by atoms with Crippen molar-refractivity contribution in [2.24, 2.45) is 5.92 Å². The van der Waals surface area contributed by atoms with Crippen LogP contribution < -0.4 is 0 Å². The molecule has 0 aromatic rings. The molecule has 1 saturated carbocycles. The lowest BCUT2D eigenvalue weighted by atomic mass is 9.81. The highest BCUT2D eigenvalue weighted by Crippen LogP contribution is 2.42. The largest absolute Gasteiger partial charge is 0.466 e. The van der Waals surface area contributed by atoms with E-state index in [9.17, 15) is 4.79 Å². The summed E-state index contributed by atoms with van der Waals surface area (Å²) >= 11 is 0. The van der Waals surface area contributed by atoms with Gasteiger partial charge in [0.1, 0.15) is 0 Å². The Hall–Kier alpha value is -0.610. The van der Waals surface area contributed by atoms with Gasteiger partial charge in [-0.2, -0.15) is 0 Å². The fourth-order valence-electron chi connectivity index (χ4n) is 2.72. The number of ether oxygens (including phenoxy) is 3. The van der Waals surface area contributed by atoms with Gasteiger partial charge in [0.25, 0.3) is 0 Å². The van der Waals surface area contributed by atoms with E-state index in [1.165, 1.54) is 0 Å². The first-order valence-electron chi connectivity index (χ1n) is 6.20. The Morgan fingerprint density at radius 1 is 1.38 bits per heavy atom. The zero-order valence-corrected chi connectivity index (χ0v) is 9.87. The maximum absolute atomic E-state index is 11.5. The fourth-order valence-corrected chi connectivity index (χ4v) is 2.72. The molecule has 0 bridgehead atoms. The van der Waals surface area contributed by atoms with Crippen LogP contribution in [-0.2, 0) is 19.0 Å². The summed E-state index contributed by atoms with van der Waals surface area (Å²) in [6.45, 7) is 3.58. The molecule has 0 aromatic heterocycles. The minimum atomic E-state index is -0.481. The summed E-state index contributed by atoms with van der Waals surface area (Å²) in [5, 5.41) is 0. The van der Waals surface area contributed by atoms with Gasteiger partial charge in [0.05, 0.1) is 26.2 Å². The Kier molecular flexibility index (Phi) is 3.82. The second-order valence-corrected chi connectivity index (χ2v) is 4.46. The molecule has 1 unspecified atom stereocenters. The van der Waals surface area contributed by atoms with E-state index in [1.54, 1.807) is 0 Å². The Balaban J connectivity index is 1.96. The minimum Gasteiger partial charge on any atom is -0.466 e. The highest BCUT2D eigenvalue weighted by atomic mass is 16.7. The molecule has 0 radical (unpaired) electrons. The van der Waals surface area contributed by atoms with Crippen molar-refractivity contribution >= 4 is 5.97 Å². The van der Waals surface area contributed by atoms with Crippen molar-refractivity contribution in [1.29, 1.82) is 0 Å². The summed E-state index contributed by atoms with van der Waals surface area (Å²) in [4.78, 5) is 11.5. The van der Waals surface area contributed by atoms with Crippen LogP contribution in [0, 0.1) is 5.92 Å². The van der Waals surface area contributed by atoms with Gasteiger partial charge < -0.3 is 14.2 Å². The van der Waals surface area contributed by atoms with E-state index in [-0.39, 0.29) is 11.9 Å². The zero-order valence-electron chi connectivity index (χ0n) is 9.87. The van der Waals surface area contributed by atoms with E-state index >= 15 is 0 Å². The van der Waals surface area contributed by atoms with Crippen molar-refractivity contribution in [3.05, 3.63) is 0 Å². The topological polar surface area (TPSA) is 44.8 Å². The van der Waals surface area contributed by atoms with Gasteiger partial charge in [0, 0.05) is 12.3 Å². The Bertz CT molecular complexity index is 245. The first-order valence-corrected chi connectivity index (χ1v) is 6.20. The van der Waals surface area contributed by atoms with Gasteiger partial charge in [0.2, 0.25) is 0 Å². The third-order valence-electron chi connectivity index (χ3n) is 3.44. The number of hydrogen-bond acceptors (Lipinski definition) is 4. The lowest BCUT2D eigenvalue weighted by Gasteiger charge is -2.38. The van der Waals surface area contributed by atoms with Gasteiger partial charge in [-0.3, -0.25) is 4.79 Å². The van der Waals surface area contributed by atoms with Gasteiger partial charge in [-0.1, -0.05) is 6.42 Å². The molecule has 4 nitrogen and oxygen atoms in total. The van der Waals surface area contributed by atoms with E-state index < -0.39 is 5.79 Å². The minimum absolute atomic E-state index is 0.132. The average Bonchev–Trinajstić information content (AvgIpc) is 2.72. The van der Waals surface area contributed by atoms with Crippen molar-refractivity contribution in [1.82, 2.24) is 0 Å². The van der Waals surface area contributed by atoms with Crippen LogP contribution in [0.5, 0.6) is 0 Å². The van der Waals surface area contributed by atoms with E-state index in [0.717, 1.165) is 25.7 Å². The van der Waals surface area contributed by atoms with Crippen LogP contribution in [-0.4, -0.2) is 31.6 Å². The molecule has 2 rings (SSSR count). The molecule has 0 aromatic carbocycles. The van der Waals surface area contributed by atoms with Crippen LogP contribution in [0.25, 0.3) is 0 Å². The average molecular weight is 228 g/mol. The molecule has 1 aliphatic heterocycles. The summed E-state index contributed by atoms with van der Waals surface area (Å²) in [6, 6.07) is 0. The first kappa shape index (κ1) is 11.9. The molecule has 1 aliphatic carbocycles. The van der Waals surface area contributed by atoms with Crippen LogP contribution in [0.4, 0.5) is 0 Å². The fraction of sp³-hybridized carbons (Fsp3) is 0.917. The van der Waals surface area contributed by atoms with Crippen molar-refractivity contribution < 1.29 is 19.0 Å². The van der Waals surface area contributed by atoms with E-state index in [2.05, 4.69) is 0 Å². The Morgan fingerprint density at radius 3 is 2.81 bits per heavy atom. The van der Waals surface area contributed by atoms with Crippen LogP contribution in [0.3, 0.4) is 0 Å². The van der Waals surface area contributed by atoms with E-state index in [1.807, 2.05) is 6.92 Å². The molecule has 0 N–H and O–H groups in total. The molecule has 1 atom stereocenters. The molecule has 2 fully saturated rings. The van der Waals surface area contributed by atoms with Gasteiger partial charge in [-0.05, 0) is 19.8 Å². The summed E-state index contributed by atoms with van der Waals surface area (Å²) in [5.74, 6) is -0.443. The predicted octanol–water partition coefficient (Wildman–Crippen LogP) is 1.87. The quantitative estimate of drug-likeness (QED) is 0.692. The SMILES string of the molecule is CCOC(=O)CC1CCCCC12OCCO2. The molecule has 2 aliphatic rings. The summed E-state index contributed by atoms with van der Waals surface area (Å²) < 4.78 is 16.5. The lowest BCUT2D eigenvalue weighted by Crippen LogP contribution is -2.43. The Morgan fingerprint density at radius 2 is 2.12 bits per heavy atom. The number of hydrogen-bond donors (Lipinski definition) is 0. The zero-order chi connectivity index (χ0) is 11.4. The van der Waals surface area contributed by atoms with Crippen LogP contribution in [0.2, 0.25) is 0 Å². The third kappa shape index (κ3) is 2.38. The van der Waals surface area contributed by atoms with Gasteiger partial charge in [0.15, 0.2) is 5.79 Å². The number of rotatable bonds is 3. The molecule has 16 heavy (non-hydrogen) atoms. The highest BCUT2D eigenvalue weighted by molar-refractivity contribution is 5.69. The molecule has 1 saturated heterocycles. The maximum atomic E-state index is 11.5. The summed E-state index contributed by atoms with van der Waals surface area (Å²) in [5.41, 5.74) is 0. The van der Waals surface area contributed by atoms with Crippen LogP contribution >= 0.6 is 0 Å². The van der Waals surface area contributed by atoms with Gasteiger partial charge in [-0.25, -0.2) is 0 Å². The predicted molar refractivity (Wildman–Crippen MR) is 57.8 cm³/mol.